The Morgan fingerprint density at radius 3 is 2.93 bits per heavy atom. The maximum atomic E-state index is 5.74. The SMILES string of the molecule is CCc1nnc2n1-c1cnc(-c3conc3-c3ccccc3)nc1N1CCOCC21. The van der Waals surface area contributed by atoms with E-state index in [9.17, 15) is 0 Å². The number of aromatic nitrogens is 6. The van der Waals surface area contributed by atoms with Gasteiger partial charge in [0.1, 0.15) is 29.5 Å². The number of morpholine rings is 1. The lowest BCUT2D eigenvalue weighted by Crippen LogP contribution is -2.44. The highest BCUT2D eigenvalue weighted by Gasteiger charge is 2.38. The summed E-state index contributed by atoms with van der Waals surface area (Å²) in [6.45, 7) is 4.01. The monoisotopic (exact) mass is 401 g/mol. The molecule has 4 aromatic rings. The summed E-state index contributed by atoms with van der Waals surface area (Å²) in [6.07, 6.45) is 4.22. The number of hydrogen-bond donors (Lipinski definition) is 0. The lowest BCUT2D eigenvalue weighted by atomic mass is 10.1. The Balaban J connectivity index is 1.52. The fourth-order valence-electron chi connectivity index (χ4n) is 4.17. The molecule has 0 N–H and O–H groups in total. The molecule has 0 saturated carbocycles. The van der Waals surface area contributed by atoms with E-state index in [0.29, 0.717) is 19.0 Å². The molecule has 2 aliphatic heterocycles. The summed E-state index contributed by atoms with van der Waals surface area (Å²) in [5.41, 5.74) is 3.34. The van der Waals surface area contributed by atoms with Crippen LogP contribution in [-0.4, -0.2) is 49.6 Å². The summed E-state index contributed by atoms with van der Waals surface area (Å²) in [5.74, 6) is 3.21. The van der Waals surface area contributed by atoms with Crippen LogP contribution in [0.5, 0.6) is 0 Å². The van der Waals surface area contributed by atoms with Gasteiger partial charge in [-0.2, -0.15) is 0 Å². The van der Waals surface area contributed by atoms with Crippen molar-refractivity contribution in [1.29, 1.82) is 0 Å². The van der Waals surface area contributed by atoms with Crippen molar-refractivity contribution in [1.82, 2.24) is 29.9 Å². The van der Waals surface area contributed by atoms with Gasteiger partial charge in [-0.15, -0.1) is 10.2 Å². The largest absolute Gasteiger partial charge is 0.377 e. The maximum absolute atomic E-state index is 5.74. The van der Waals surface area contributed by atoms with Crippen LogP contribution in [0.3, 0.4) is 0 Å². The maximum Gasteiger partial charge on any atom is 0.167 e. The van der Waals surface area contributed by atoms with E-state index < -0.39 is 0 Å². The van der Waals surface area contributed by atoms with Gasteiger partial charge in [-0.1, -0.05) is 42.4 Å². The number of benzene rings is 1. The molecule has 0 bridgehead atoms. The molecule has 9 heteroatoms. The van der Waals surface area contributed by atoms with Crippen molar-refractivity contribution in [3.8, 4) is 28.3 Å². The van der Waals surface area contributed by atoms with E-state index in [1.54, 1.807) is 6.26 Å². The summed E-state index contributed by atoms with van der Waals surface area (Å²) in [7, 11) is 0. The first kappa shape index (κ1) is 17.3. The Morgan fingerprint density at radius 1 is 1.17 bits per heavy atom. The smallest absolute Gasteiger partial charge is 0.167 e. The van der Waals surface area contributed by atoms with Crippen LogP contribution in [-0.2, 0) is 11.2 Å². The second-order valence-corrected chi connectivity index (χ2v) is 7.29. The molecule has 1 saturated heterocycles. The lowest BCUT2D eigenvalue weighted by Gasteiger charge is -2.40. The predicted molar refractivity (Wildman–Crippen MR) is 108 cm³/mol. The lowest BCUT2D eigenvalue weighted by molar-refractivity contribution is 0.0894. The van der Waals surface area contributed by atoms with E-state index >= 15 is 0 Å². The molecule has 0 aliphatic carbocycles. The summed E-state index contributed by atoms with van der Waals surface area (Å²) in [6, 6.07) is 9.89. The van der Waals surface area contributed by atoms with Crippen molar-refractivity contribution >= 4 is 5.82 Å². The Kier molecular flexibility index (Phi) is 3.88. The van der Waals surface area contributed by atoms with Gasteiger partial charge in [-0.25, -0.2) is 9.97 Å². The average Bonchev–Trinajstić information content (AvgIpc) is 3.47. The summed E-state index contributed by atoms with van der Waals surface area (Å²) >= 11 is 0. The highest BCUT2D eigenvalue weighted by Crippen LogP contribution is 2.40. The van der Waals surface area contributed by atoms with Gasteiger partial charge in [0.05, 0.1) is 25.0 Å². The first-order valence-corrected chi connectivity index (χ1v) is 10.0. The van der Waals surface area contributed by atoms with Crippen molar-refractivity contribution < 1.29 is 9.26 Å². The molecule has 1 aromatic carbocycles. The molecule has 150 valence electrons. The third-order valence-corrected chi connectivity index (χ3v) is 5.62. The van der Waals surface area contributed by atoms with Gasteiger partial charge < -0.3 is 14.2 Å². The van der Waals surface area contributed by atoms with E-state index in [4.69, 9.17) is 14.2 Å². The van der Waals surface area contributed by atoms with Crippen LogP contribution >= 0.6 is 0 Å². The molecule has 0 spiro atoms. The molecule has 2 aliphatic rings. The molecule has 30 heavy (non-hydrogen) atoms. The van der Waals surface area contributed by atoms with Gasteiger partial charge in [0.2, 0.25) is 0 Å². The Bertz CT molecular complexity index is 1220. The van der Waals surface area contributed by atoms with E-state index in [2.05, 4.69) is 36.7 Å². The number of fused-ring (bicyclic) bond motifs is 6. The van der Waals surface area contributed by atoms with Gasteiger partial charge >= 0.3 is 0 Å². The van der Waals surface area contributed by atoms with Gasteiger partial charge in [-0.3, -0.25) is 4.57 Å². The van der Waals surface area contributed by atoms with E-state index in [-0.39, 0.29) is 6.04 Å². The van der Waals surface area contributed by atoms with Crippen LogP contribution < -0.4 is 4.90 Å². The minimum Gasteiger partial charge on any atom is -0.377 e. The predicted octanol–water partition coefficient (Wildman–Crippen LogP) is 2.83. The molecular formula is C21H19N7O2. The highest BCUT2D eigenvalue weighted by molar-refractivity contribution is 5.77. The highest BCUT2D eigenvalue weighted by atomic mass is 16.5. The molecule has 9 nitrogen and oxygen atoms in total. The van der Waals surface area contributed by atoms with E-state index in [1.165, 1.54) is 0 Å². The molecule has 1 unspecified atom stereocenters. The molecule has 6 rings (SSSR count). The van der Waals surface area contributed by atoms with Crippen molar-refractivity contribution in [3.05, 3.63) is 54.4 Å². The Morgan fingerprint density at radius 2 is 2.07 bits per heavy atom. The van der Waals surface area contributed by atoms with Crippen LogP contribution in [0.25, 0.3) is 28.3 Å². The van der Waals surface area contributed by atoms with Crippen LogP contribution in [0.2, 0.25) is 0 Å². The second kappa shape index (κ2) is 6.74. The van der Waals surface area contributed by atoms with Gasteiger partial charge in [0.15, 0.2) is 17.5 Å². The van der Waals surface area contributed by atoms with Crippen LogP contribution in [0.1, 0.15) is 24.6 Å². The molecule has 1 fully saturated rings. The Labute approximate surface area is 172 Å². The number of anilines is 1. The number of ether oxygens (including phenoxy) is 1. The number of aryl methyl sites for hydroxylation is 1. The fraction of sp³-hybridized carbons (Fsp3) is 0.286. The number of nitrogens with zero attached hydrogens (tertiary/aromatic N) is 7. The third kappa shape index (κ3) is 2.48. The first-order valence-electron chi connectivity index (χ1n) is 10.0. The summed E-state index contributed by atoms with van der Waals surface area (Å²) < 4.78 is 13.1. The number of hydrogen-bond acceptors (Lipinski definition) is 8. The minimum absolute atomic E-state index is 0.0159. The fourth-order valence-corrected chi connectivity index (χ4v) is 4.17. The molecule has 0 radical (unpaired) electrons. The van der Waals surface area contributed by atoms with Crippen LogP contribution in [0, 0.1) is 0 Å². The third-order valence-electron chi connectivity index (χ3n) is 5.62. The summed E-state index contributed by atoms with van der Waals surface area (Å²) in [5, 5.41) is 13.0. The van der Waals surface area contributed by atoms with Gasteiger partial charge in [-0.05, 0) is 0 Å². The van der Waals surface area contributed by atoms with Crippen molar-refractivity contribution in [2.45, 2.75) is 19.4 Å². The molecular weight excluding hydrogens is 382 g/mol. The Hall–Kier alpha value is -3.59. The van der Waals surface area contributed by atoms with Gasteiger partial charge in [0, 0.05) is 18.5 Å². The first-order chi connectivity index (χ1) is 14.8. The normalized spacial score (nSPS) is 17.4. The summed E-state index contributed by atoms with van der Waals surface area (Å²) in [4.78, 5) is 11.9. The zero-order chi connectivity index (χ0) is 20.1. The number of rotatable bonds is 3. The zero-order valence-corrected chi connectivity index (χ0v) is 16.4. The molecule has 1 atom stereocenters. The van der Waals surface area contributed by atoms with Crippen molar-refractivity contribution in [3.63, 3.8) is 0 Å². The van der Waals surface area contributed by atoms with Crippen molar-refractivity contribution in [2.24, 2.45) is 0 Å². The zero-order valence-electron chi connectivity index (χ0n) is 16.4. The van der Waals surface area contributed by atoms with Crippen LogP contribution in [0.4, 0.5) is 5.82 Å². The minimum atomic E-state index is -0.0159. The van der Waals surface area contributed by atoms with Gasteiger partial charge in [0.25, 0.3) is 0 Å². The average molecular weight is 401 g/mol. The topological polar surface area (TPSA) is 95.0 Å². The standard InChI is InChI=1S/C21H19N7O2/c1-2-17-24-25-21-16-12-29-9-8-27(16)20-15(28(17)21)10-22-19(23-20)14-11-30-26-18(14)13-6-4-3-5-7-13/h3-7,10-11,16H,2,8-9,12H2,1H3. The van der Waals surface area contributed by atoms with E-state index in [1.807, 2.05) is 36.5 Å². The van der Waals surface area contributed by atoms with E-state index in [0.717, 1.165) is 52.9 Å². The quantitative estimate of drug-likeness (QED) is 0.517. The second-order valence-electron chi connectivity index (χ2n) is 7.29. The van der Waals surface area contributed by atoms with Crippen LogP contribution in [0.15, 0.2) is 47.3 Å². The molecule has 3 aromatic heterocycles. The van der Waals surface area contributed by atoms with Crippen molar-refractivity contribution in [2.75, 3.05) is 24.7 Å². The molecule has 5 heterocycles. The molecule has 0 amide bonds.